The highest BCUT2D eigenvalue weighted by Gasteiger charge is 2.70. The molecule has 3 aromatic rings. The molecule has 1 amide bonds. The van der Waals surface area contributed by atoms with Gasteiger partial charge in [-0.3, -0.25) is 9.88 Å². The van der Waals surface area contributed by atoms with Crippen molar-refractivity contribution in [1.82, 2.24) is 20.0 Å². The molecule has 10 heteroatoms. The number of anilines is 1. The molecule has 6 rings (SSSR count). The Balaban J connectivity index is 1.20. The maximum Gasteiger partial charge on any atom is 0.414 e. The number of aromatic nitrogens is 4. The van der Waals surface area contributed by atoms with Crippen molar-refractivity contribution in [2.24, 2.45) is 11.8 Å². The molecular weight excluding hydrogens is 427 g/mol. The highest BCUT2D eigenvalue weighted by Crippen LogP contribution is 2.62. The molecule has 0 unspecified atom stereocenters. The van der Waals surface area contributed by atoms with Crippen molar-refractivity contribution in [2.45, 2.75) is 18.1 Å². The van der Waals surface area contributed by atoms with Gasteiger partial charge in [0.15, 0.2) is 0 Å². The van der Waals surface area contributed by atoms with Gasteiger partial charge in [-0.05, 0) is 24.3 Å². The molecule has 0 radical (unpaired) electrons. The first-order chi connectivity index (χ1) is 16.1. The van der Waals surface area contributed by atoms with Crippen LogP contribution in [0.25, 0.3) is 11.1 Å². The number of fused-ring (bicyclic) bond motifs is 1. The van der Waals surface area contributed by atoms with E-state index in [4.69, 9.17) is 9.47 Å². The Labute approximate surface area is 188 Å². The number of rotatable bonds is 5. The van der Waals surface area contributed by atoms with E-state index in [0.717, 1.165) is 0 Å². The molecule has 0 spiro atoms. The van der Waals surface area contributed by atoms with Gasteiger partial charge in [-0.15, -0.1) is 5.10 Å². The first-order valence-corrected chi connectivity index (χ1v) is 10.7. The predicted molar refractivity (Wildman–Crippen MR) is 112 cm³/mol. The maximum absolute atomic E-state index is 15.0. The molecule has 1 aliphatic carbocycles. The molecule has 4 atom stereocenters. The molecule has 0 bridgehead atoms. The summed E-state index contributed by atoms with van der Waals surface area (Å²) in [6, 6.07) is 10.6. The van der Waals surface area contributed by atoms with Crippen LogP contribution in [0.1, 0.15) is 5.69 Å². The molecule has 3 aliphatic rings. The summed E-state index contributed by atoms with van der Waals surface area (Å²) < 4.78 is 27.4. The molecular formula is C23H19FN6O3. The van der Waals surface area contributed by atoms with E-state index in [0.29, 0.717) is 42.3 Å². The summed E-state index contributed by atoms with van der Waals surface area (Å²) >= 11 is 0. The smallest absolute Gasteiger partial charge is 0.414 e. The van der Waals surface area contributed by atoms with Gasteiger partial charge >= 0.3 is 6.09 Å². The molecule has 4 heterocycles. The van der Waals surface area contributed by atoms with Crippen molar-refractivity contribution >= 4 is 11.8 Å². The molecule has 3 fully saturated rings. The van der Waals surface area contributed by atoms with Gasteiger partial charge in [-0.2, -0.15) is 5.26 Å². The van der Waals surface area contributed by atoms with E-state index in [1.807, 2.05) is 0 Å². The van der Waals surface area contributed by atoms with E-state index in [-0.39, 0.29) is 18.4 Å². The lowest BCUT2D eigenvalue weighted by molar-refractivity contribution is 0.129. The summed E-state index contributed by atoms with van der Waals surface area (Å²) in [6.45, 7) is 1.82. The Morgan fingerprint density at radius 1 is 1.24 bits per heavy atom. The van der Waals surface area contributed by atoms with Gasteiger partial charge < -0.3 is 9.47 Å². The van der Waals surface area contributed by atoms with E-state index < -0.39 is 23.4 Å². The van der Waals surface area contributed by atoms with Gasteiger partial charge in [-0.25, -0.2) is 13.9 Å². The van der Waals surface area contributed by atoms with E-state index >= 15 is 4.39 Å². The fourth-order valence-corrected chi connectivity index (χ4v) is 5.03. The molecule has 9 nitrogen and oxygen atoms in total. The summed E-state index contributed by atoms with van der Waals surface area (Å²) in [6.07, 6.45) is 3.90. The lowest BCUT2D eigenvalue weighted by Gasteiger charge is -2.15. The third-order valence-corrected chi connectivity index (χ3v) is 6.83. The minimum Gasteiger partial charge on any atom is -0.442 e. The number of nitrogens with zero attached hydrogens (tertiary/aromatic N) is 6. The highest BCUT2D eigenvalue weighted by atomic mass is 19.1. The minimum absolute atomic E-state index is 0.186. The number of nitriles is 1. The van der Waals surface area contributed by atoms with Crippen molar-refractivity contribution < 1.29 is 18.7 Å². The first-order valence-electron chi connectivity index (χ1n) is 10.7. The maximum atomic E-state index is 15.0. The fraction of sp³-hybridized carbons (Fsp3) is 0.348. The van der Waals surface area contributed by atoms with Crippen molar-refractivity contribution in [1.29, 1.82) is 5.26 Å². The minimum atomic E-state index is -0.585. The largest absolute Gasteiger partial charge is 0.442 e. The predicted octanol–water partition coefficient (Wildman–Crippen LogP) is 2.54. The second kappa shape index (κ2) is 7.35. The third-order valence-electron chi connectivity index (χ3n) is 6.83. The normalized spacial score (nSPS) is 27.8. The second-order valence-electron chi connectivity index (χ2n) is 8.57. The topological polar surface area (TPSA) is 106 Å². The number of halogens is 1. The average molecular weight is 446 g/mol. The SMILES string of the molecule is N#C[C@]1(c2ccc(-c3ccc(N4C[C@H](Cn5ccnn5)OC4=O)cc3F)cn2)[C@@H]2COC[C@@H]21. The summed E-state index contributed by atoms with van der Waals surface area (Å²) in [5.41, 5.74) is 1.52. The van der Waals surface area contributed by atoms with Crippen molar-refractivity contribution in [3.8, 4) is 17.2 Å². The standard InChI is InChI=1S/C23H19FN6O3/c24-20-7-15(30-10-16(33-22(30)31)9-29-6-5-27-28-29)2-3-17(20)14-1-4-21(26-8-14)23(13-25)18-11-32-12-19(18)23/h1-8,16,18-19H,9-12H2/t16-,18-,19+,23+/m0/s1. The van der Waals surface area contributed by atoms with Gasteiger partial charge in [0.2, 0.25) is 0 Å². The average Bonchev–Trinajstić information content (AvgIpc) is 3.35. The number of ether oxygens (including phenoxy) is 2. The van der Waals surface area contributed by atoms with Gasteiger partial charge in [0.1, 0.15) is 17.3 Å². The molecule has 1 aromatic carbocycles. The van der Waals surface area contributed by atoms with Crippen LogP contribution in [0.2, 0.25) is 0 Å². The summed E-state index contributed by atoms with van der Waals surface area (Å²) in [5.74, 6) is -0.0998. The second-order valence-corrected chi connectivity index (χ2v) is 8.57. The molecule has 33 heavy (non-hydrogen) atoms. The van der Waals surface area contributed by atoms with Crippen LogP contribution >= 0.6 is 0 Å². The third kappa shape index (κ3) is 3.08. The number of benzene rings is 1. The first kappa shape index (κ1) is 19.8. The van der Waals surface area contributed by atoms with Gasteiger partial charge in [0.25, 0.3) is 0 Å². The Kier molecular flexibility index (Phi) is 4.41. The highest BCUT2D eigenvalue weighted by molar-refractivity contribution is 5.90. The van der Waals surface area contributed by atoms with Crippen LogP contribution in [0.3, 0.4) is 0 Å². The number of carbonyl (C=O) groups excluding carboxylic acids is 1. The molecule has 1 saturated carbocycles. The molecule has 2 aromatic heterocycles. The van der Waals surface area contributed by atoms with Crippen LogP contribution < -0.4 is 4.90 Å². The van der Waals surface area contributed by atoms with Crippen molar-refractivity contribution in [2.75, 3.05) is 24.7 Å². The van der Waals surface area contributed by atoms with Crippen LogP contribution in [-0.4, -0.2) is 51.9 Å². The number of carbonyl (C=O) groups is 1. The number of hydrogen-bond acceptors (Lipinski definition) is 7. The quantitative estimate of drug-likeness (QED) is 0.593. The Morgan fingerprint density at radius 2 is 2.09 bits per heavy atom. The molecule has 166 valence electrons. The molecule has 0 N–H and O–H groups in total. The summed E-state index contributed by atoms with van der Waals surface area (Å²) in [7, 11) is 0. The van der Waals surface area contributed by atoms with Gasteiger partial charge in [0, 0.05) is 35.4 Å². The lowest BCUT2D eigenvalue weighted by atomic mass is 9.96. The van der Waals surface area contributed by atoms with Crippen LogP contribution in [0.4, 0.5) is 14.9 Å². The van der Waals surface area contributed by atoms with E-state index in [2.05, 4.69) is 21.4 Å². The van der Waals surface area contributed by atoms with Gasteiger partial charge in [0.05, 0.1) is 50.0 Å². The molecule has 2 aliphatic heterocycles. The van der Waals surface area contributed by atoms with Crippen molar-refractivity contribution in [3.05, 3.63) is 60.4 Å². The van der Waals surface area contributed by atoms with Gasteiger partial charge in [-0.1, -0.05) is 11.3 Å². The van der Waals surface area contributed by atoms with Crippen LogP contribution in [0.5, 0.6) is 0 Å². The van der Waals surface area contributed by atoms with E-state index in [9.17, 15) is 10.1 Å². The Hall–Kier alpha value is -3.84. The zero-order valence-electron chi connectivity index (χ0n) is 17.5. The van der Waals surface area contributed by atoms with Crippen LogP contribution in [-0.2, 0) is 21.4 Å². The molecule has 2 saturated heterocycles. The van der Waals surface area contributed by atoms with Crippen LogP contribution in [0, 0.1) is 29.0 Å². The van der Waals surface area contributed by atoms with Crippen molar-refractivity contribution in [3.63, 3.8) is 0 Å². The monoisotopic (exact) mass is 446 g/mol. The summed E-state index contributed by atoms with van der Waals surface area (Å²) in [5, 5.41) is 17.3. The fourth-order valence-electron chi connectivity index (χ4n) is 5.03. The number of hydrogen-bond donors (Lipinski definition) is 0. The zero-order chi connectivity index (χ0) is 22.6. The Bertz CT molecular complexity index is 1250. The number of cyclic esters (lactones) is 1. The van der Waals surface area contributed by atoms with E-state index in [1.54, 1.807) is 47.5 Å². The van der Waals surface area contributed by atoms with Crippen LogP contribution in [0.15, 0.2) is 48.9 Å². The number of pyridine rings is 1. The summed E-state index contributed by atoms with van der Waals surface area (Å²) in [4.78, 5) is 18.2. The lowest BCUT2D eigenvalue weighted by Crippen LogP contribution is -2.26. The Morgan fingerprint density at radius 3 is 2.76 bits per heavy atom. The number of amides is 1. The van der Waals surface area contributed by atoms with E-state index in [1.165, 1.54) is 11.0 Å². The zero-order valence-corrected chi connectivity index (χ0v) is 17.5.